The summed E-state index contributed by atoms with van der Waals surface area (Å²) in [6.45, 7) is 5.11. The predicted molar refractivity (Wildman–Crippen MR) is 131 cm³/mol. The minimum atomic E-state index is -0.274. The fourth-order valence-corrected chi connectivity index (χ4v) is 4.27. The van der Waals surface area contributed by atoms with Gasteiger partial charge in [0, 0.05) is 0 Å². The van der Waals surface area contributed by atoms with E-state index in [4.69, 9.17) is 9.47 Å². The second-order valence-electron chi connectivity index (χ2n) is 7.84. The molecule has 1 fully saturated rings. The van der Waals surface area contributed by atoms with Gasteiger partial charge in [-0.15, -0.1) is 0 Å². The van der Waals surface area contributed by atoms with Gasteiger partial charge in [-0.3, -0.25) is 14.5 Å². The maximum atomic E-state index is 12.8. The molecule has 6 heteroatoms. The molecule has 0 N–H and O–H groups in total. The molecule has 0 aromatic heterocycles. The number of aryl methyl sites for hydroxylation is 2. The molecular formula is C27H25NO4S. The lowest BCUT2D eigenvalue weighted by Crippen LogP contribution is -2.27. The maximum Gasteiger partial charge on any atom is 0.293 e. The quantitative estimate of drug-likeness (QED) is 0.306. The highest BCUT2D eigenvalue weighted by atomic mass is 32.2. The molecule has 3 aromatic carbocycles. The first-order chi connectivity index (χ1) is 16.0. The average molecular weight is 460 g/mol. The van der Waals surface area contributed by atoms with E-state index in [1.807, 2.05) is 86.6 Å². The highest BCUT2D eigenvalue weighted by molar-refractivity contribution is 8.18. The van der Waals surface area contributed by atoms with Gasteiger partial charge in [-0.1, -0.05) is 59.7 Å². The summed E-state index contributed by atoms with van der Waals surface area (Å²) in [5, 5.41) is -0.256. The first-order valence-corrected chi connectivity index (χ1v) is 11.5. The van der Waals surface area contributed by atoms with Crippen molar-refractivity contribution < 1.29 is 19.1 Å². The molecule has 1 heterocycles. The van der Waals surface area contributed by atoms with Crippen LogP contribution in [0.15, 0.2) is 77.7 Å². The zero-order chi connectivity index (χ0) is 23.2. The summed E-state index contributed by atoms with van der Waals surface area (Å²) in [7, 11) is 0. The molecule has 1 aliphatic rings. The Labute approximate surface area is 198 Å². The predicted octanol–water partition coefficient (Wildman–Crippen LogP) is 6.00. The van der Waals surface area contributed by atoms with Crippen LogP contribution in [0, 0.1) is 13.8 Å². The van der Waals surface area contributed by atoms with Crippen LogP contribution >= 0.6 is 11.8 Å². The van der Waals surface area contributed by atoms with Crippen molar-refractivity contribution in [2.45, 2.75) is 20.4 Å². The van der Waals surface area contributed by atoms with Crippen LogP contribution in [-0.2, 0) is 11.3 Å². The van der Waals surface area contributed by atoms with E-state index >= 15 is 0 Å². The van der Waals surface area contributed by atoms with E-state index in [1.54, 1.807) is 6.08 Å². The van der Waals surface area contributed by atoms with Gasteiger partial charge in [0.15, 0.2) is 0 Å². The second-order valence-corrected chi connectivity index (χ2v) is 8.83. The van der Waals surface area contributed by atoms with Crippen molar-refractivity contribution in [3.05, 3.63) is 100.0 Å². The van der Waals surface area contributed by atoms with Gasteiger partial charge in [-0.05, 0) is 67.1 Å². The van der Waals surface area contributed by atoms with Gasteiger partial charge in [0.2, 0.25) is 0 Å². The van der Waals surface area contributed by atoms with Gasteiger partial charge >= 0.3 is 0 Å². The Morgan fingerprint density at radius 2 is 1.55 bits per heavy atom. The molecule has 1 saturated heterocycles. The topological polar surface area (TPSA) is 55.8 Å². The minimum absolute atomic E-state index is 0.256. The van der Waals surface area contributed by atoms with Gasteiger partial charge in [0.1, 0.15) is 24.7 Å². The van der Waals surface area contributed by atoms with Gasteiger partial charge in [0.05, 0.1) is 11.4 Å². The lowest BCUT2D eigenvalue weighted by atomic mass is 10.1. The van der Waals surface area contributed by atoms with Gasteiger partial charge in [0.25, 0.3) is 11.1 Å². The van der Waals surface area contributed by atoms with Crippen molar-refractivity contribution in [2.75, 3.05) is 13.2 Å². The summed E-state index contributed by atoms with van der Waals surface area (Å²) in [4.78, 5) is 27.0. The molecule has 0 aliphatic carbocycles. The van der Waals surface area contributed by atoms with Gasteiger partial charge in [-0.25, -0.2) is 0 Å². The number of rotatable bonds is 8. The van der Waals surface area contributed by atoms with Crippen LogP contribution in [0.25, 0.3) is 6.08 Å². The molecule has 0 spiro atoms. The van der Waals surface area contributed by atoms with Crippen LogP contribution in [0.2, 0.25) is 0 Å². The zero-order valence-electron chi connectivity index (χ0n) is 18.6. The summed E-state index contributed by atoms with van der Waals surface area (Å²) in [5.41, 5.74) is 4.01. The number of thioether (sulfide) groups is 1. The molecule has 0 unspecified atom stereocenters. The average Bonchev–Trinajstić information content (AvgIpc) is 3.05. The van der Waals surface area contributed by atoms with E-state index in [9.17, 15) is 9.59 Å². The molecule has 3 aromatic rings. The molecule has 0 bridgehead atoms. The van der Waals surface area contributed by atoms with Crippen LogP contribution in [0.4, 0.5) is 4.79 Å². The summed E-state index contributed by atoms with van der Waals surface area (Å²) in [6, 6.07) is 23.1. The molecule has 2 amide bonds. The minimum Gasteiger partial charge on any atom is -0.490 e. The lowest BCUT2D eigenvalue weighted by Gasteiger charge is -2.12. The Morgan fingerprint density at radius 1 is 0.818 bits per heavy atom. The Bertz CT molecular complexity index is 1190. The van der Waals surface area contributed by atoms with Crippen LogP contribution in [0.1, 0.15) is 22.3 Å². The highest BCUT2D eigenvalue weighted by Gasteiger charge is 2.34. The summed E-state index contributed by atoms with van der Waals surface area (Å²) < 4.78 is 11.5. The van der Waals surface area contributed by atoms with E-state index in [1.165, 1.54) is 10.5 Å². The van der Waals surface area contributed by atoms with E-state index in [0.717, 1.165) is 34.2 Å². The van der Waals surface area contributed by atoms with E-state index in [2.05, 4.69) is 0 Å². The Balaban J connectivity index is 1.35. The molecule has 33 heavy (non-hydrogen) atoms. The van der Waals surface area contributed by atoms with Gasteiger partial charge in [-0.2, -0.15) is 0 Å². The molecular weight excluding hydrogens is 434 g/mol. The highest BCUT2D eigenvalue weighted by Crippen LogP contribution is 2.33. The third kappa shape index (κ3) is 6.05. The second kappa shape index (κ2) is 10.4. The fourth-order valence-electron chi connectivity index (χ4n) is 3.43. The van der Waals surface area contributed by atoms with Crippen LogP contribution in [0.3, 0.4) is 0 Å². The lowest BCUT2D eigenvalue weighted by molar-refractivity contribution is -0.123. The van der Waals surface area contributed by atoms with E-state index in [-0.39, 0.29) is 17.7 Å². The summed E-state index contributed by atoms with van der Waals surface area (Å²) >= 11 is 0.964. The third-order valence-electron chi connectivity index (χ3n) is 5.09. The van der Waals surface area contributed by atoms with Crippen molar-refractivity contribution >= 4 is 29.0 Å². The number of nitrogens with zero attached hydrogens (tertiary/aromatic N) is 1. The van der Waals surface area contributed by atoms with Crippen LogP contribution in [-0.4, -0.2) is 29.3 Å². The fraction of sp³-hybridized carbons (Fsp3) is 0.185. The summed E-state index contributed by atoms with van der Waals surface area (Å²) in [5.74, 6) is 1.21. The van der Waals surface area contributed by atoms with Crippen molar-refractivity contribution in [1.82, 2.24) is 4.90 Å². The number of imide groups is 1. The number of carbonyl (C=O) groups is 2. The Morgan fingerprint density at radius 3 is 2.30 bits per heavy atom. The van der Waals surface area contributed by atoms with Crippen molar-refractivity contribution in [3.63, 3.8) is 0 Å². The van der Waals surface area contributed by atoms with Crippen LogP contribution in [0.5, 0.6) is 11.5 Å². The third-order valence-corrected chi connectivity index (χ3v) is 6.00. The number of benzene rings is 3. The number of amides is 2. The normalized spacial score (nSPS) is 14.7. The smallest absolute Gasteiger partial charge is 0.293 e. The molecule has 4 rings (SSSR count). The number of carbonyl (C=O) groups excluding carboxylic acids is 2. The maximum absolute atomic E-state index is 12.8. The molecule has 5 nitrogen and oxygen atoms in total. The molecule has 0 saturated carbocycles. The monoisotopic (exact) mass is 459 g/mol. The number of hydrogen-bond acceptors (Lipinski definition) is 5. The van der Waals surface area contributed by atoms with Gasteiger partial charge < -0.3 is 9.47 Å². The molecule has 168 valence electrons. The first kappa shape index (κ1) is 22.7. The first-order valence-electron chi connectivity index (χ1n) is 10.7. The number of hydrogen-bond donors (Lipinski definition) is 0. The van der Waals surface area contributed by atoms with Crippen LogP contribution < -0.4 is 9.47 Å². The van der Waals surface area contributed by atoms with E-state index < -0.39 is 0 Å². The molecule has 0 radical (unpaired) electrons. The SMILES string of the molecule is Cc1ccc(OCCOc2cccc(/C=C3\SC(=O)N(Cc4cccc(C)c4)C3=O)c2)cc1. The summed E-state index contributed by atoms with van der Waals surface area (Å²) in [6.07, 6.45) is 1.73. The zero-order valence-corrected chi connectivity index (χ0v) is 19.4. The number of ether oxygens (including phenoxy) is 2. The van der Waals surface area contributed by atoms with Crippen molar-refractivity contribution in [2.24, 2.45) is 0 Å². The van der Waals surface area contributed by atoms with Crippen molar-refractivity contribution in [3.8, 4) is 11.5 Å². The Hall–Kier alpha value is -3.51. The largest absolute Gasteiger partial charge is 0.490 e. The molecule has 0 atom stereocenters. The van der Waals surface area contributed by atoms with Crippen molar-refractivity contribution in [1.29, 1.82) is 0 Å². The Kier molecular flexibility index (Phi) is 7.15. The van der Waals surface area contributed by atoms with E-state index in [0.29, 0.717) is 23.9 Å². The molecule has 1 aliphatic heterocycles. The standard InChI is InChI=1S/C27H25NO4S/c1-19-9-11-23(12-10-19)31-13-14-32-24-8-4-6-21(16-24)17-25-26(29)28(27(30)33-25)18-22-7-3-5-20(2)15-22/h3-12,15-17H,13-14,18H2,1-2H3/b25-17-.